The van der Waals surface area contributed by atoms with Crippen molar-refractivity contribution in [2.45, 2.75) is 26.1 Å². The predicted molar refractivity (Wildman–Crippen MR) is 43.8 cm³/mol. The van der Waals surface area contributed by atoms with Crippen molar-refractivity contribution >= 4 is 0 Å². The van der Waals surface area contributed by atoms with E-state index in [-0.39, 0.29) is 6.10 Å². The average Bonchev–Trinajstić information content (AvgIpc) is 2.78. The highest BCUT2D eigenvalue weighted by Gasteiger charge is 2.34. The molecule has 2 aliphatic rings. The monoisotopic (exact) mass is 170 g/mol. The molecule has 2 fully saturated rings. The highest BCUT2D eigenvalue weighted by Crippen LogP contribution is 2.30. The van der Waals surface area contributed by atoms with Gasteiger partial charge < -0.3 is 14.2 Å². The summed E-state index contributed by atoms with van der Waals surface area (Å²) < 4.78 is 15.7. The van der Waals surface area contributed by atoms with Gasteiger partial charge in [0.15, 0.2) is 6.10 Å². The number of epoxide rings is 2. The fraction of sp³-hybridized carbons (Fsp3) is 0.778. The first-order chi connectivity index (χ1) is 5.77. The molecular formula is C9H14O3. The van der Waals surface area contributed by atoms with Crippen molar-refractivity contribution in [2.75, 3.05) is 19.8 Å². The maximum Gasteiger partial charge on any atom is 0.178 e. The van der Waals surface area contributed by atoms with Gasteiger partial charge in [0.05, 0.1) is 19.8 Å². The second-order valence-electron chi connectivity index (χ2n) is 3.46. The molecule has 0 aromatic rings. The Labute approximate surface area is 72.3 Å². The minimum absolute atomic E-state index is 0.230. The zero-order valence-electron chi connectivity index (χ0n) is 7.50. The van der Waals surface area contributed by atoms with Crippen LogP contribution in [-0.4, -0.2) is 32.0 Å². The predicted octanol–water partition coefficient (Wildman–Crippen LogP) is 1.09. The number of hydrogen-bond donors (Lipinski definition) is 0. The molecule has 3 heteroatoms. The van der Waals surface area contributed by atoms with Crippen LogP contribution in [0.5, 0.6) is 0 Å². The van der Waals surface area contributed by atoms with Crippen molar-refractivity contribution in [3.05, 3.63) is 11.3 Å². The van der Waals surface area contributed by atoms with Gasteiger partial charge in [0, 0.05) is 0 Å². The molecule has 2 saturated heterocycles. The van der Waals surface area contributed by atoms with Gasteiger partial charge in [-0.25, -0.2) is 0 Å². The van der Waals surface area contributed by atoms with Crippen LogP contribution in [0, 0.1) is 0 Å². The van der Waals surface area contributed by atoms with Crippen LogP contribution in [0.3, 0.4) is 0 Å². The van der Waals surface area contributed by atoms with Crippen LogP contribution in [0.15, 0.2) is 11.3 Å². The van der Waals surface area contributed by atoms with Crippen molar-refractivity contribution < 1.29 is 14.2 Å². The fourth-order valence-electron chi connectivity index (χ4n) is 1.14. The summed E-state index contributed by atoms with van der Waals surface area (Å²) in [6.45, 7) is 6.37. The molecule has 0 aliphatic carbocycles. The number of hydrogen-bond acceptors (Lipinski definition) is 3. The Balaban J connectivity index is 1.60. The molecule has 0 spiro atoms. The molecule has 12 heavy (non-hydrogen) atoms. The summed E-state index contributed by atoms with van der Waals surface area (Å²) >= 11 is 0. The van der Waals surface area contributed by atoms with Gasteiger partial charge in [0.1, 0.15) is 11.9 Å². The Bertz CT molecular complexity index is 202. The van der Waals surface area contributed by atoms with Crippen molar-refractivity contribution in [3.8, 4) is 0 Å². The molecule has 0 amide bonds. The van der Waals surface area contributed by atoms with Gasteiger partial charge in [0.25, 0.3) is 0 Å². The van der Waals surface area contributed by atoms with Crippen LogP contribution < -0.4 is 0 Å². The van der Waals surface area contributed by atoms with Gasteiger partial charge in [-0.3, -0.25) is 0 Å². The Kier molecular flexibility index (Phi) is 2.07. The minimum Gasteiger partial charge on any atom is -0.480 e. The largest absolute Gasteiger partial charge is 0.480 e. The molecule has 2 heterocycles. The van der Waals surface area contributed by atoms with Gasteiger partial charge in [0.2, 0.25) is 0 Å². The number of rotatable bonds is 4. The van der Waals surface area contributed by atoms with E-state index in [2.05, 4.69) is 13.8 Å². The lowest BCUT2D eigenvalue weighted by atomic mass is 10.3. The first kappa shape index (κ1) is 8.08. The molecule has 0 radical (unpaired) electrons. The third-order valence-electron chi connectivity index (χ3n) is 1.97. The second kappa shape index (κ2) is 3.07. The van der Waals surface area contributed by atoms with E-state index in [1.165, 1.54) is 5.57 Å². The molecule has 0 aromatic heterocycles. The highest BCUT2D eigenvalue weighted by atomic mass is 16.6. The van der Waals surface area contributed by atoms with Crippen molar-refractivity contribution in [3.63, 3.8) is 0 Å². The van der Waals surface area contributed by atoms with Crippen LogP contribution in [0.25, 0.3) is 0 Å². The molecule has 3 nitrogen and oxygen atoms in total. The molecule has 0 saturated carbocycles. The molecular weight excluding hydrogens is 156 g/mol. The summed E-state index contributed by atoms with van der Waals surface area (Å²) in [5.41, 5.74) is 1.26. The smallest absolute Gasteiger partial charge is 0.178 e. The van der Waals surface area contributed by atoms with E-state index in [4.69, 9.17) is 14.2 Å². The van der Waals surface area contributed by atoms with Crippen LogP contribution in [0.2, 0.25) is 0 Å². The van der Waals surface area contributed by atoms with Crippen LogP contribution in [0.1, 0.15) is 13.8 Å². The molecule has 0 bridgehead atoms. The maximum absolute atomic E-state index is 5.38. The van der Waals surface area contributed by atoms with Gasteiger partial charge >= 0.3 is 0 Å². The van der Waals surface area contributed by atoms with Gasteiger partial charge in [-0.05, 0) is 19.4 Å². The lowest BCUT2D eigenvalue weighted by Gasteiger charge is -1.95. The lowest BCUT2D eigenvalue weighted by Crippen LogP contribution is -2.06. The van der Waals surface area contributed by atoms with E-state index in [1.807, 2.05) is 0 Å². The van der Waals surface area contributed by atoms with Crippen molar-refractivity contribution in [2.24, 2.45) is 0 Å². The Morgan fingerprint density at radius 2 is 2.25 bits per heavy atom. The molecule has 2 rings (SSSR count). The zero-order chi connectivity index (χ0) is 8.55. The van der Waals surface area contributed by atoms with E-state index in [0.717, 1.165) is 19.0 Å². The first-order valence-corrected chi connectivity index (χ1v) is 4.30. The zero-order valence-corrected chi connectivity index (χ0v) is 7.50. The average molecular weight is 170 g/mol. The topological polar surface area (TPSA) is 34.3 Å². The van der Waals surface area contributed by atoms with Crippen LogP contribution in [-0.2, 0) is 14.2 Å². The van der Waals surface area contributed by atoms with Gasteiger partial charge in [-0.15, -0.1) is 0 Å². The second-order valence-corrected chi connectivity index (χ2v) is 3.46. The van der Waals surface area contributed by atoms with E-state index < -0.39 is 0 Å². The van der Waals surface area contributed by atoms with E-state index in [1.54, 1.807) is 0 Å². The Morgan fingerprint density at radius 1 is 1.50 bits per heavy atom. The van der Waals surface area contributed by atoms with Gasteiger partial charge in [-0.1, -0.05) is 0 Å². The fourth-order valence-corrected chi connectivity index (χ4v) is 1.14. The van der Waals surface area contributed by atoms with Gasteiger partial charge in [-0.2, -0.15) is 0 Å². The third kappa shape index (κ3) is 1.99. The maximum atomic E-state index is 5.38. The summed E-state index contributed by atoms with van der Waals surface area (Å²) in [6, 6.07) is 0. The normalized spacial score (nSPS) is 31.3. The molecule has 68 valence electrons. The summed E-state index contributed by atoms with van der Waals surface area (Å²) in [5, 5.41) is 0. The quantitative estimate of drug-likeness (QED) is 0.592. The summed E-state index contributed by atoms with van der Waals surface area (Å²) in [4.78, 5) is 0. The SMILES string of the molecule is CC(C)=C1OC1COCC1CO1. The Hall–Kier alpha value is -0.540. The number of allylic oxidation sites excluding steroid dienone is 1. The molecule has 2 atom stereocenters. The summed E-state index contributed by atoms with van der Waals surface area (Å²) in [6.07, 6.45) is 0.590. The van der Waals surface area contributed by atoms with E-state index in [0.29, 0.717) is 12.7 Å². The van der Waals surface area contributed by atoms with Crippen molar-refractivity contribution in [1.29, 1.82) is 0 Å². The number of ether oxygens (including phenoxy) is 3. The first-order valence-electron chi connectivity index (χ1n) is 4.30. The van der Waals surface area contributed by atoms with E-state index >= 15 is 0 Å². The summed E-state index contributed by atoms with van der Waals surface area (Å²) in [5.74, 6) is 1.10. The molecule has 0 N–H and O–H groups in total. The summed E-state index contributed by atoms with van der Waals surface area (Å²) in [7, 11) is 0. The molecule has 0 aromatic carbocycles. The Morgan fingerprint density at radius 3 is 2.75 bits per heavy atom. The molecule has 2 unspecified atom stereocenters. The van der Waals surface area contributed by atoms with Crippen LogP contribution in [0.4, 0.5) is 0 Å². The third-order valence-corrected chi connectivity index (χ3v) is 1.97. The minimum atomic E-state index is 0.230. The van der Waals surface area contributed by atoms with E-state index in [9.17, 15) is 0 Å². The van der Waals surface area contributed by atoms with Crippen LogP contribution >= 0.6 is 0 Å². The molecule has 2 aliphatic heterocycles. The lowest BCUT2D eigenvalue weighted by molar-refractivity contribution is 0.102. The highest BCUT2D eigenvalue weighted by molar-refractivity contribution is 5.19. The standard InChI is InChI=1S/C9H14O3/c1-6(2)9-8(12-9)5-10-3-7-4-11-7/h7-8H,3-5H2,1-2H3. The van der Waals surface area contributed by atoms with Crippen molar-refractivity contribution in [1.82, 2.24) is 0 Å².